The Morgan fingerprint density at radius 3 is 3.09 bits per heavy atom. The average molecular weight is 300 g/mol. The van der Waals surface area contributed by atoms with Gasteiger partial charge in [0.25, 0.3) is 0 Å². The Morgan fingerprint density at radius 1 is 1.45 bits per heavy atom. The Kier molecular flexibility index (Phi) is 3.01. The van der Waals surface area contributed by atoms with Crippen molar-refractivity contribution in [1.82, 2.24) is 4.90 Å². The van der Waals surface area contributed by atoms with E-state index in [2.05, 4.69) is 10.2 Å². The van der Waals surface area contributed by atoms with Crippen molar-refractivity contribution >= 4 is 17.6 Å². The minimum atomic E-state index is -0.685. The van der Waals surface area contributed by atoms with Crippen molar-refractivity contribution in [2.45, 2.75) is 37.8 Å². The molecule has 22 heavy (non-hydrogen) atoms. The van der Waals surface area contributed by atoms with Gasteiger partial charge in [-0.15, -0.1) is 0 Å². The van der Waals surface area contributed by atoms with Crippen LogP contribution in [0.2, 0.25) is 0 Å². The number of carbonyl (C=O) groups is 2. The molecule has 3 aliphatic rings. The summed E-state index contributed by atoms with van der Waals surface area (Å²) >= 11 is 0. The second-order valence-corrected chi connectivity index (χ2v) is 6.33. The molecule has 5 heteroatoms. The first-order valence-corrected chi connectivity index (χ1v) is 8.03. The van der Waals surface area contributed by atoms with Crippen LogP contribution in [0.3, 0.4) is 0 Å². The van der Waals surface area contributed by atoms with Crippen LogP contribution in [-0.2, 0) is 19.9 Å². The number of ether oxygens (including phenoxy) is 1. The second kappa shape index (κ2) is 4.81. The van der Waals surface area contributed by atoms with E-state index in [4.69, 9.17) is 4.74 Å². The quantitative estimate of drug-likeness (QED) is 0.847. The van der Waals surface area contributed by atoms with E-state index in [9.17, 15) is 9.59 Å². The van der Waals surface area contributed by atoms with Crippen LogP contribution in [0.1, 0.15) is 31.7 Å². The predicted molar refractivity (Wildman–Crippen MR) is 81.2 cm³/mol. The average Bonchev–Trinajstić information content (AvgIpc) is 3.16. The van der Waals surface area contributed by atoms with Crippen molar-refractivity contribution in [2.24, 2.45) is 5.92 Å². The Balaban J connectivity index is 1.79. The Bertz CT molecular complexity index is 645. The molecule has 1 spiro atoms. The van der Waals surface area contributed by atoms with Gasteiger partial charge in [-0.1, -0.05) is 18.2 Å². The summed E-state index contributed by atoms with van der Waals surface area (Å²) in [5.74, 6) is -0.361. The van der Waals surface area contributed by atoms with Crippen LogP contribution in [0.5, 0.6) is 0 Å². The highest BCUT2D eigenvalue weighted by atomic mass is 16.5. The normalized spacial score (nSPS) is 32.9. The number of para-hydroxylation sites is 1. The van der Waals surface area contributed by atoms with Gasteiger partial charge in [0.1, 0.15) is 5.54 Å². The first-order chi connectivity index (χ1) is 10.7. The van der Waals surface area contributed by atoms with Gasteiger partial charge in [-0.3, -0.25) is 14.5 Å². The molecule has 0 bridgehead atoms. The van der Waals surface area contributed by atoms with E-state index < -0.39 is 5.54 Å². The van der Waals surface area contributed by atoms with Gasteiger partial charge in [-0.2, -0.15) is 0 Å². The zero-order valence-electron chi connectivity index (χ0n) is 12.7. The van der Waals surface area contributed by atoms with E-state index in [1.54, 1.807) is 0 Å². The van der Waals surface area contributed by atoms with E-state index in [0.717, 1.165) is 30.6 Å². The molecule has 0 unspecified atom stereocenters. The van der Waals surface area contributed by atoms with Gasteiger partial charge in [-0.25, -0.2) is 0 Å². The predicted octanol–water partition coefficient (Wildman–Crippen LogP) is 1.88. The molecule has 5 nitrogen and oxygen atoms in total. The molecular weight excluding hydrogens is 280 g/mol. The van der Waals surface area contributed by atoms with Crippen LogP contribution in [0.4, 0.5) is 5.69 Å². The van der Waals surface area contributed by atoms with Crippen LogP contribution in [0, 0.1) is 5.92 Å². The third-order valence-corrected chi connectivity index (χ3v) is 5.36. The van der Waals surface area contributed by atoms with Crippen LogP contribution < -0.4 is 5.32 Å². The van der Waals surface area contributed by atoms with E-state index in [0.29, 0.717) is 13.0 Å². The zero-order chi connectivity index (χ0) is 15.3. The standard InChI is InChI=1S/C17H20N2O3/c1-2-22-15(20)11-10-17(19-9-5-8-14(11)19)12-6-3-4-7-13(12)18-16(17)21/h3-4,6-7,11,14H,2,5,8-10H2,1H3,(H,18,21)/t11-,14-,17-/m1/s1. The summed E-state index contributed by atoms with van der Waals surface area (Å²) in [7, 11) is 0. The highest BCUT2D eigenvalue weighted by Crippen LogP contribution is 2.54. The van der Waals surface area contributed by atoms with E-state index >= 15 is 0 Å². The Hall–Kier alpha value is -1.88. The van der Waals surface area contributed by atoms with Gasteiger partial charge in [0.05, 0.1) is 12.5 Å². The number of nitrogens with one attached hydrogen (secondary N) is 1. The number of rotatable bonds is 2. The van der Waals surface area contributed by atoms with Crippen molar-refractivity contribution in [2.75, 3.05) is 18.5 Å². The van der Waals surface area contributed by atoms with E-state index in [1.165, 1.54) is 0 Å². The monoisotopic (exact) mass is 300 g/mol. The number of benzene rings is 1. The lowest BCUT2D eigenvalue weighted by Gasteiger charge is -2.32. The van der Waals surface area contributed by atoms with Gasteiger partial charge in [0, 0.05) is 17.3 Å². The largest absolute Gasteiger partial charge is 0.466 e. The third-order valence-electron chi connectivity index (χ3n) is 5.36. The molecule has 1 N–H and O–H groups in total. The fourth-order valence-corrected chi connectivity index (χ4v) is 4.53. The molecule has 3 atom stereocenters. The number of esters is 1. The lowest BCUT2D eigenvalue weighted by molar-refractivity contribution is -0.148. The van der Waals surface area contributed by atoms with Crippen LogP contribution in [-0.4, -0.2) is 36.0 Å². The highest BCUT2D eigenvalue weighted by molar-refractivity contribution is 6.06. The van der Waals surface area contributed by atoms with Gasteiger partial charge in [0.2, 0.25) is 5.91 Å². The van der Waals surface area contributed by atoms with Gasteiger partial charge >= 0.3 is 5.97 Å². The molecular formula is C17H20N2O3. The van der Waals surface area contributed by atoms with Crippen molar-refractivity contribution in [1.29, 1.82) is 0 Å². The molecule has 2 saturated heterocycles. The fraction of sp³-hybridized carbons (Fsp3) is 0.529. The molecule has 1 amide bonds. The maximum Gasteiger partial charge on any atom is 0.310 e. The second-order valence-electron chi connectivity index (χ2n) is 6.33. The summed E-state index contributed by atoms with van der Waals surface area (Å²) in [4.78, 5) is 27.4. The van der Waals surface area contributed by atoms with Gasteiger partial charge in [0.15, 0.2) is 0 Å². The molecule has 0 aliphatic carbocycles. The number of hydrogen-bond donors (Lipinski definition) is 1. The van der Waals surface area contributed by atoms with Crippen molar-refractivity contribution in [3.8, 4) is 0 Å². The highest BCUT2D eigenvalue weighted by Gasteiger charge is 2.63. The summed E-state index contributed by atoms with van der Waals surface area (Å²) in [5.41, 5.74) is 1.20. The molecule has 1 aromatic rings. The summed E-state index contributed by atoms with van der Waals surface area (Å²) < 4.78 is 5.26. The molecule has 0 aromatic heterocycles. The number of hydrogen-bond acceptors (Lipinski definition) is 4. The lowest BCUT2D eigenvalue weighted by Crippen LogP contribution is -2.47. The van der Waals surface area contributed by atoms with Gasteiger partial charge < -0.3 is 10.1 Å². The molecule has 0 saturated carbocycles. The van der Waals surface area contributed by atoms with Gasteiger partial charge in [-0.05, 0) is 38.8 Å². The molecule has 116 valence electrons. The Morgan fingerprint density at radius 2 is 2.27 bits per heavy atom. The maximum absolute atomic E-state index is 12.8. The third kappa shape index (κ3) is 1.63. The molecule has 0 radical (unpaired) electrons. The van der Waals surface area contributed by atoms with E-state index in [1.807, 2.05) is 31.2 Å². The van der Waals surface area contributed by atoms with Crippen LogP contribution >= 0.6 is 0 Å². The number of carbonyl (C=O) groups excluding carboxylic acids is 2. The Labute approximate surface area is 129 Å². The smallest absolute Gasteiger partial charge is 0.310 e. The molecule has 3 aliphatic heterocycles. The molecule has 4 rings (SSSR count). The molecule has 1 aromatic carbocycles. The molecule has 2 fully saturated rings. The van der Waals surface area contributed by atoms with Crippen molar-refractivity contribution in [3.63, 3.8) is 0 Å². The summed E-state index contributed by atoms with van der Waals surface area (Å²) in [6.07, 6.45) is 2.51. The number of anilines is 1. The number of nitrogens with zero attached hydrogens (tertiary/aromatic N) is 1. The topological polar surface area (TPSA) is 58.6 Å². The number of amides is 1. The first kappa shape index (κ1) is 13.8. The van der Waals surface area contributed by atoms with Crippen molar-refractivity contribution < 1.29 is 14.3 Å². The summed E-state index contributed by atoms with van der Waals surface area (Å²) in [6.45, 7) is 3.08. The van der Waals surface area contributed by atoms with E-state index in [-0.39, 0.29) is 23.8 Å². The molecule has 3 heterocycles. The minimum absolute atomic E-state index is 0.00685. The van der Waals surface area contributed by atoms with Crippen molar-refractivity contribution in [3.05, 3.63) is 29.8 Å². The lowest BCUT2D eigenvalue weighted by atomic mass is 9.84. The fourth-order valence-electron chi connectivity index (χ4n) is 4.53. The summed E-state index contributed by atoms with van der Waals surface area (Å²) in [6, 6.07) is 7.96. The summed E-state index contributed by atoms with van der Waals surface area (Å²) in [5, 5.41) is 3.00. The van der Waals surface area contributed by atoms with Crippen LogP contribution in [0.25, 0.3) is 0 Å². The zero-order valence-corrected chi connectivity index (χ0v) is 12.7. The SMILES string of the molecule is CCOC(=O)[C@@H]1C[C@@]2(C(=O)Nc3ccccc32)N2CCC[C@H]12. The maximum atomic E-state index is 12.8. The minimum Gasteiger partial charge on any atom is -0.466 e. The van der Waals surface area contributed by atoms with Crippen LogP contribution in [0.15, 0.2) is 24.3 Å². The number of fused-ring (bicyclic) bond motifs is 4. The first-order valence-electron chi connectivity index (χ1n) is 8.03.